The fourth-order valence-corrected chi connectivity index (χ4v) is 2.21. The van der Waals surface area contributed by atoms with E-state index in [1.165, 1.54) is 16.8 Å². The highest BCUT2D eigenvalue weighted by molar-refractivity contribution is 5.63. The average molecular weight is 322 g/mol. The van der Waals surface area contributed by atoms with E-state index in [9.17, 15) is 13.2 Å². The van der Waals surface area contributed by atoms with Crippen LogP contribution < -0.4 is 10.1 Å². The molecule has 120 valence electrons. The Morgan fingerprint density at radius 3 is 2.78 bits per heavy atom. The molecule has 0 unspecified atom stereocenters. The summed E-state index contributed by atoms with van der Waals surface area (Å²) >= 11 is 0. The summed E-state index contributed by atoms with van der Waals surface area (Å²) < 4.78 is 44.9. The third-order valence-corrected chi connectivity index (χ3v) is 3.30. The van der Waals surface area contributed by atoms with E-state index in [-0.39, 0.29) is 11.5 Å². The van der Waals surface area contributed by atoms with Gasteiger partial charge in [0.15, 0.2) is 17.2 Å². The molecule has 0 spiro atoms. The molecule has 3 aromatic rings. The molecule has 1 aromatic carbocycles. The molecule has 1 N–H and O–H groups in total. The minimum atomic E-state index is -4.49. The lowest BCUT2D eigenvalue weighted by Crippen LogP contribution is -2.06. The Hall–Kier alpha value is -2.77. The van der Waals surface area contributed by atoms with Crippen molar-refractivity contribution in [2.24, 2.45) is 0 Å². The van der Waals surface area contributed by atoms with E-state index in [4.69, 9.17) is 4.74 Å². The second-order valence-electron chi connectivity index (χ2n) is 4.80. The summed E-state index contributed by atoms with van der Waals surface area (Å²) in [5.74, 6) is 0.959. The lowest BCUT2D eigenvalue weighted by molar-refractivity contribution is -0.140. The van der Waals surface area contributed by atoms with Crippen LogP contribution in [0.4, 0.5) is 19.0 Å². The number of imidazole rings is 1. The summed E-state index contributed by atoms with van der Waals surface area (Å²) in [4.78, 5) is 7.69. The summed E-state index contributed by atoms with van der Waals surface area (Å²) in [6.07, 6.45) is -0.720. The van der Waals surface area contributed by atoms with Crippen LogP contribution in [0.5, 0.6) is 5.75 Å². The van der Waals surface area contributed by atoms with Crippen LogP contribution in [0.2, 0.25) is 0 Å². The smallest absolute Gasteiger partial charge is 0.434 e. The molecule has 3 rings (SSSR count). The van der Waals surface area contributed by atoms with E-state index in [0.29, 0.717) is 12.3 Å². The molecule has 0 radical (unpaired) electrons. The van der Waals surface area contributed by atoms with Crippen molar-refractivity contribution in [1.29, 1.82) is 0 Å². The quantitative estimate of drug-likeness (QED) is 0.800. The third kappa shape index (κ3) is 3.05. The minimum Gasteiger partial charge on any atom is -0.496 e. The third-order valence-electron chi connectivity index (χ3n) is 3.30. The van der Waals surface area contributed by atoms with Gasteiger partial charge in [0.05, 0.1) is 7.11 Å². The number of nitrogens with one attached hydrogen (secondary N) is 1. The van der Waals surface area contributed by atoms with Gasteiger partial charge in [-0.05, 0) is 6.07 Å². The first-order valence-electron chi connectivity index (χ1n) is 6.75. The molecule has 0 aliphatic heterocycles. The first-order valence-corrected chi connectivity index (χ1v) is 6.75. The summed E-state index contributed by atoms with van der Waals surface area (Å²) in [7, 11) is 1.56. The monoisotopic (exact) mass is 322 g/mol. The number of fused-ring (bicyclic) bond motifs is 1. The molecule has 0 atom stereocenters. The molecule has 0 aliphatic rings. The Bertz CT molecular complexity index is 829. The molecule has 2 heterocycles. The van der Waals surface area contributed by atoms with Gasteiger partial charge in [-0.1, -0.05) is 18.2 Å². The SMILES string of the molecule is COc1ccccc1CNc1nccn2cc(C(F)(F)F)nc12. The molecule has 0 saturated carbocycles. The fourth-order valence-electron chi connectivity index (χ4n) is 2.21. The molecule has 0 saturated heterocycles. The molecule has 23 heavy (non-hydrogen) atoms. The Balaban J connectivity index is 1.90. The maximum absolute atomic E-state index is 12.8. The van der Waals surface area contributed by atoms with Crippen molar-refractivity contribution in [3.8, 4) is 5.75 Å². The fraction of sp³-hybridized carbons (Fsp3) is 0.200. The Morgan fingerprint density at radius 2 is 2.04 bits per heavy atom. The van der Waals surface area contributed by atoms with Crippen molar-refractivity contribution in [3.05, 3.63) is 54.1 Å². The van der Waals surface area contributed by atoms with Gasteiger partial charge in [-0.25, -0.2) is 9.97 Å². The van der Waals surface area contributed by atoms with Crippen LogP contribution in [-0.2, 0) is 12.7 Å². The zero-order valence-corrected chi connectivity index (χ0v) is 12.1. The van der Waals surface area contributed by atoms with Gasteiger partial charge in [-0.2, -0.15) is 13.2 Å². The number of ether oxygens (including phenoxy) is 1. The van der Waals surface area contributed by atoms with Crippen LogP contribution in [0.1, 0.15) is 11.3 Å². The van der Waals surface area contributed by atoms with Gasteiger partial charge in [0.25, 0.3) is 0 Å². The van der Waals surface area contributed by atoms with Crippen molar-refractivity contribution in [3.63, 3.8) is 0 Å². The lowest BCUT2D eigenvalue weighted by atomic mass is 10.2. The molecule has 0 fully saturated rings. The first kappa shape index (κ1) is 15.1. The van der Waals surface area contributed by atoms with Gasteiger partial charge in [0.2, 0.25) is 0 Å². The number of anilines is 1. The largest absolute Gasteiger partial charge is 0.496 e. The van der Waals surface area contributed by atoms with E-state index < -0.39 is 11.9 Å². The minimum absolute atomic E-state index is 0.120. The highest BCUT2D eigenvalue weighted by atomic mass is 19.4. The molecule has 2 aromatic heterocycles. The van der Waals surface area contributed by atoms with Crippen LogP contribution in [0.15, 0.2) is 42.9 Å². The number of benzene rings is 1. The zero-order chi connectivity index (χ0) is 16.4. The van der Waals surface area contributed by atoms with Crippen LogP contribution in [0.25, 0.3) is 5.65 Å². The predicted octanol–water partition coefficient (Wildman–Crippen LogP) is 3.37. The molecular weight excluding hydrogens is 309 g/mol. The maximum Gasteiger partial charge on any atom is 0.434 e. The van der Waals surface area contributed by atoms with Gasteiger partial charge in [0.1, 0.15) is 5.75 Å². The molecular formula is C15H13F3N4O. The van der Waals surface area contributed by atoms with Gasteiger partial charge in [-0.15, -0.1) is 0 Å². The second-order valence-corrected chi connectivity index (χ2v) is 4.80. The topological polar surface area (TPSA) is 51.5 Å². The number of hydrogen-bond donors (Lipinski definition) is 1. The van der Waals surface area contributed by atoms with Crippen molar-refractivity contribution < 1.29 is 17.9 Å². The number of para-hydroxylation sites is 1. The summed E-state index contributed by atoms with van der Waals surface area (Å²) in [5.41, 5.74) is 0.0296. The number of nitrogens with zero attached hydrogens (tertiary/aromatic N) is 3. The van der Waals surface area contributed by atoms with Crippen molar-refractivity contribution in [2.75, 3.05) is 12.4 Å². The summed E-state index contributed by atoms with van der Waals surface area (Å²) in [6, 6.07) is 7.36. The maximum atomic E-state index is 12.8. The summed E-state index contributed by atoms with van der Waals surface area (Å²) in [5, 5.41) is 3.00. The average Bonchev–Trinajstić information content (AvgIpc) is 2.98. The molecule has 5 nitrogen and oxygen atoms in total. The normalized spacial score (nSPS) is 11.7. The van der Waals surface area contributed by atoms with Gasteiger partial charge in [-0.3, -0.25) is 0 Å². The Morgan fingerprint density at radius 1 is 1.26 bits per heavy atom. The number of aromatic nitrogens is 3. The van der Waals surface area contributed by atoms with Gasteiger partial charge >= 0.3 is 6.18 Å². The number of hydrogen-bond acceptors (Lipinski definition) is 4. The van der Waals surface area contributed by atoms with E-state index in [0.717, 1.165) is 11.8 Å². The van der Waals surface area contributed by atoms with Crippen molar-refractivity contribution in [2.45, 2.75) is 12.7 Å². The molecule has 0 aliphatic carbocycles. The van der Waals surface area contributed by atoms with Crippen molar-refractivity contribution in [1.82, 2.24) is 14.4 Å². The molecule has 0 amide bonds. The molecule has 8 heteroatoms. The predicted molar refractivity (Wildman–Crippen MR) is 78.3 cm³/mol. The number of halogens is 3. The lowest BCUT2D eigenvalue weighted by Gasteiger charge is -2.10. The van der Waals surface area contributed by atoms with Gasteiger partial charge < -0.3 is 14.5 Å². The van der Waals surface area contributed by atoms with Crippen LogP contribution in [-0.4, -0.2) is 21.5 Å². The van der Waals surface area contributed by atoms with Crippen LogP contribution in [0, 0.1) is 0 Å². The number of rotatable bonds is 4. The summed E-state index contributed by atoms with van der Waals surface area (Å²) in [6.45, 7) is 0.352. The number of alkyl halides is 3. The number of methoxy groups -OCH3 is 1. The van der Waals surface area contributed by atoms with Crippen LogP contribution >= 0.6 is 0 Å². The first-order chi connectivity index (χ1) is 11.0. The van der Waals surface area contributed by atoms with Gasteiger partial charge in [0, 0.05) is 30.7 Å². The van der Waals surface area contributed by atoms with E-state index >= 15 is 0 Å². The second kappa shape index (κ2) is 5.79. The Labute approximate surface area is 129 Å². The van der Waals surface area contributed by atoms with E-state index in [2.05, 4.69) is 15.3 Å². The standard InChI is InChI=1S/C15H13F3N4O/c1-23-11-5-3-2-4-10(11)8-20-13-14-21-12(15(16,17)18)9-22(14)7-6-19-13/h2-7,9H,8H2,1H3,(H,19,20). The highest BCUT2D eigenvalue weighted by Gasteiger charge is 2.34. The van der Waals surface area contributed by atoms with Crippen molar-refractivity contribution >= 4 is 11.5 Å². The van der Waals surface area contributed by atoms with Crippen LogP contribution in [0.3, 0.4) is 0 Å². The Kier molecular flexibility index (Phi) is 3.81. The van der Waals surface area contributed by atoms with E-state index in [1.807, 2.05) is 24.3 Å². The van der Waals surface area contributed by atoms with E-state index in [1.54, 1.807) is 7.11 Å². The molecule has 0 bridgehead atoms. The zero-order valence-electron chi connectivity index (χ0n) is 12.1. The highest BCUT2D eigenvalue weighted by Crippen LogP contribution is 2.29.